The molecule has 0 bridgehead atoms. The van der Waals surface area contributed by atoms with Crippen LogP contribution in [-0.4, -0.2) is 12.5 Å². The van der Waals surface area contributed by atoms with Crippen molar-refractivity contribution in [2.75, 3.05) is 6.61 Å². The zero-order chi connectivity index (χ0) is 12.1. The lowest BCUT2D eigenvalue weighted by Crippen LogP contribution is -2.26. The first-order valence-corrected chi connectivity index (χ1v) is 6.33. The second-order valence-electron chi connectivity index (χ2n) is 3.76. The third-order valence-corrected chi connectivity index (χ3v) is 2.93. The monoisotopic (exact) mass is 353 g/mol. The number of carbonyl (C=O) groups is 1. The summed E-state index contributed by atoms with van der Waals surface area (Å²) in [5.41, 5.74) is 2.92. The van der Waals surface area contributed by atoms with Crippen molar-refractivity contribution in [1.82, 2.24) is 5.48 Å². The van der Waals surface area contributed by atoms with Crippen molar-refractivity contribution in [1.29, 1.82) is 0 Å². The average molecular weight is 354 g/mol. The third-order valence-electron chi connectivity index (χ3n) is 1.75. The fourth-order valence-corrected chi connectivity index (χ4v) is 1.75. The highest BCUT2D eigenvalue weighted by Gasteiger charge is 2.10. The number of halogens is 2. The molecule has 0 aliphatic carbocycles. The van der Waals surface area contributed by atoms with Gasteiger partial charge >= 0.3 is 0 Å². The van der Waals surface area contributed by atoms with Gasteiger partial charge in [0.2, 0.25) is 0 Å². The number of benzene rings is 1. The predicted molar refractivity (Wildman–Crippen MR) is 72.4 cm³/mol. The fraction of sp³-hybridized carbons (Fsp3) is 0.364. The molecule has 0 aliphatic heterocycles. The van der Waals surface area contributed by atoms with E-state index in [4.69, 9.17) is 16.4 Å². The highest BCUT2D eigenvalue weighted by atomic mass is 127. The molecule has 0 atom stereocenters. The normalized spacial score (nSPS) is 10.6. The second-order valence-corrected chi connectivity index (χ2v) is 5.36. The Bertz CT molecular complexity index is 382. The number of amides is 1. The Kier molecular flexibility index (Phi) is 5.51. The van der Waals surface area contributed by atoms with Crippen LogP contribution in [0.1, 0.15) is 24.2 Å². The van der Waals surface area contributed by atoms with Crippen molar-refractivity contribution in [2.24, 2.45) is 5.92 Å². The zero-order valence-electron chi connectivity index (χ0n) is 9.09. The van der Waals surface area contributed by atoms with E-state index in [-0.39, 0.29) is 5.91 Å². The van der Waals surface area contributed by atoms with Crippen molar-refractivity contribution < 1.29 is 9.63 Å². The molecule has 1 N–H and O–H groups in total. The SMILES string of the molecule is CC(C)CONC(=O)c1cc(Cl)ccc1I. The predicted octanol–water partition coefficient (Wildman–Crippen LogP) is 3.26. The topological polar surface area (TPSA) is 38.3 Å². The molecule has 3 nitrogen and oxygen atoms in total. The molecule has 1 rings (SSSR count). The number of rotatable bonds is 4. The summed E-state index contributed by atoms with van der Waals surface area (Å²) in [6.07, 6.45) is 0. The first kappa shape index (κ1) is 13.7. The van der Waals surface area contributed by atoms with E-state index >= 15 is 0 Å². The van der Waals surface area contributed by atoms with Gasteiger partial charge in [0, 0.05) is 8.59 Å². The number of carbonyl (C=O) groups excluding carboxylic acids is 1. The van der Waals surface area contributed by atoms with Gasteiger partial charge in [0.15, 0.2) is 0 Å². The summed E-state index contributed by atoms with van der Waals surface area (Å²) in [5, 5.41) is 0.537. The van der Waals surface area contributed by atoms with Crippen LogP contribution in [-0.2, 0) is 4.84 Å². The molecule has 0 radical (unpaired) electrons. The lowest BCUT2D eigenvalue weighted by Gasteiger charge is -2.09. The molecule has 88 valence electrons. The number of nitrogens with one attached hydrogen (secondary N) is 1. The van der Waals surface area contributed by atoms with Crippen LogP contribution in [0.3, 0.4) is 0 Å². The molecule has 0 saturated heterocycles. The number of hydroxylamine groups is 1. The molecule has 0 heterocycles. The van der Waals surface area contributed by atoms with Gasteiger partial charge in [0.25, 0.3) is 5.91 Å². The smallest absolute Gasteiger partial charge is 0.273 e. The van der Waals surface area contributed by atoms with Gasteiger partial charge in [-0.2, -0.15) is 0 Å². The van der Waals surface area contributed by atoms with Crippen molar-refractivity contribution >= 4 is 40.1 Å². The highest BCUT2D eigenvalue weighted by Crippen LogP contribution is 2.17. The van der Waals surface area contributed by atoms with Gasteiger partial charge < -0.3 is 0 Å². The van der Waals surface area contributed by atoms with E-state index in [1.54, 1.807) is 18.2 Å². The Morgan fingerprint density at radius 1 is 1.56 bits per heavy atom. The largest absolute Gasteiger partial charge is 0.275 e. The van der Waals surface area contributed by atoms with Gasteiger partial charge in [0.1, 0.15) is 0 Å². The molecular formula is C11H13ClINO2. The Hall–Kier alpha value is -0.330. The van der Waals surface area contributed by atoms with Crippen LogP contribution in [0.15, 0.2) is 18.2 Å². The van der Waals surface area contributed by atoms with E-state index in [0.29, 0.717) is 23.1 Å². The van der Waals surface area contributed by atoms with E-state index in [1.165, 1.54) is 0 Å². The zero-order valence-corrected chi connectivity index (χ0v) is 12.0. The summed E-state index contributed by atoms with van der Waals surface area (Å²) >= 11 is 7.90. The first-order valence-electron chi connectivity index (χ1n) is 4.88. The summed E-state index contributed by atoms with van der Waals surface area (Å²) in [4.78, 5) is 16.8. The number of hydrogen-bond donors (Lipinski definition) is 1. The minimum absolute atomic E-state index is 0.271. The molecule has 0 unspecified atom stereocenters. The number of hydrogen-bond acceptors (Lipinski definition) is 2. The molecular weight excluding hydrogens is 340 g/mol. The molecule has 0 fully saturated rings. The molecule has 1 aromatic rings. The first-order chi connectivity index (χ1) is 7.50. The Morgan fingerprint density at radius 2 is 2.25 bits per heavy atom. The van der Waals surface area contributed by atoms with Crippen molar-refractivity contribution in [3.63, 3.8) is 0 Å². The molecule has 1 amide bonds. The average Bonchev–Trinajstić information content (AvgIpc) is 2.21. The van der Waals surface area contributed by atoms with Crippen LogP contribution in [0.2, 0.25) is 5.02 Å². The Labute approximate surface area is 114 Å². The fourth-order valence-electron chi connectivity index (χ4n) is 1.00. The minimum Gasteiger partial charge on any atom is -0.273 e. The minimum atomic E-state index is -0.271. The molecule has 0 aliphatic rings. The summed E-state index contributed by atoms with van der Waals surface area (Å²) in [6, 6.07) is 5.16. The molecule has 16 heavy (non-hydrogen) atoms. The maximum absolute atomic E-state index is 11.7. The third kappa shape index (κ3) is 4.27. The molecule has 5 heteroatoms. The van der Waals surface area contributed by atoms with Crippen LogP contribution < -0.4 is 5.48 Å². The molecule has 0 saturated carbocycles. The van der Waals surface area contributed by atoms with Gasteiger partial charge in [-0.1, -0.05) is 25.4 Å². The Balaban J connectivity index is 2.62. The van der Waals surface area contributed by atoms with Crippen molar-refractivity contribution in [2.45, 2.75) is 13.8 Å². The van der Waals surface area contributed by atoms with Crippen molar-refractivity contribution in [3.8, 4) is 0 Å². The summed E-state index contributed by atoms with van der Waals surface area (Å²) < 4.78 is 0.840. The van der Waals surface area contributed by atoms with Crippen LogP contribution in [0, 0.1) is 9.49 Å². The molecule has 0 aromatic heterocycles. The van der Waals surface area contributed by atoms with E-state index in [2.05, 4.69) is 28.1 Å². The lowest BCUT2D eigenvalue weighted by molar-refractivity contribution is 0.0208. The van der Waals surface area contributed by atoms with E-state index < -0.39 is 0 Å². The molecule has 0 spiro atoms. The van der Waals surface area contributed by atoms with Gasteiger partial charge in [0.05, 0.1) is 12.2 Å². The van der Waals surface area contributed by atoms with Crippen LogP contribution in [0.25, 0.3) is 0 Å². The van der Waals surface area contributed by atoms with E-state index in [1.807, 2.05) is 13.8 Å². The summed E-state index contributed by atoms with van der Waals surface area (Å²) in [6.45, 7) is 4.51. The van der Waals surface area contributed by atoms with Crippen LogP contribution in [0.5, 0.6) is 0 Å². The van der Waals surface area contributed by atoms with E-state index in [9.17, 15) is 4.79 Å². The van der Waals surface area contributed by atoms with Crippen LogP contribution >= 0.6 is 34.2 Å². The maximum Gasteiger partial charge on any atom is 0.275 e. The van der Waals surface area contributed by atoms with Crippen molar-refractivity contribution in [3.05, 3.63) is 32.4 Å². The van der Waals surface area contributed by atoms with Gasteiger partial charge in [-0.15, -0.1) is 0 Å². The van der Waals surface area contributed by atoms with Gasteiger partial charge in [-0.25, -0.2) is 5.48 Å². The van der Waals surface area contributed by atoms with Crippen LogP contribution in [0.4, 0.5) is 0 Å². The highest BCUT2D eigenvalue weighted by molar-refractivity contribution is 14.1. The lowest BCUT2D eigenvalue weighted by atomic mass is 10.2. The second kappa shape index (κ2) is 6.42. The quantitative estimate of drug-likeness (QED) is 0.666. The van der Waals surface area contributed by atoms with E-state index in [0.717, 1.165) is 3.57 Å². The van der Waals surface area contributed by atoms with Gasteiger partial charge in [-0.05, 0) is 46.7 Å². The Morgan fingerprint density at radius 3 is 2.88 bits per heavy atom. The maximum atomic E-state index is 11.7. The summed E-state index contributed by atoms with van der Waals surface area (Å²) in [5.74, 6) is 0.103. The van der Waals surface area contributed by atoms with Gasteiger partial charge in [-0.3, -0.25) is 9.63 Å². The molecule has 1 aromatic carbocycles. The standard InChI is InChI=1S/C11H13ClINO2/c1-7(2)6-16-14-11(15)9-5-8(12)3-4-10(9)13/h3-5,7H,6H2,1-2H3,(H,14,15). The summed E-state index contributed by atoms with van der Waals surface area (Å²) in [7, 11) is 0.